The molecule has 6 nitrogen and oxygen atoms in total. The van der Waals surface area contributed by atoms with E-state index < -0.39 is 0 Å². The van der Waals surface area contributed by atoms with Gasteiger partial charge in [0, 0.05) is 17.5 Å². The Labute approximate surface area is 175 Å². The van der Waals surface area contributed by atoms with Crippen LogP contribution in [-0.4, -0.2) is 43.1 Å². The summed E-state index contributed by atoms with van der Waals surface area (Å²) < 4.78 is 10.6. The van der Waals surface area contributed by atoms with Crippen molar-refractivity contribution in [1.29, 1.82) is 0 Å². The minimum absolute atomic E-state index is 0.0888. The van der Waals surface area contributed by atoms with Crippen molar-refractivity contribution < 1.29 is 14.3 Å². The summed E-state index contributed by atoms with van der Waals surface area (Å²) in [6, 6.07) is 15.6. The van der Waals surface area contributed by atoms with Crippen LogP contribution in [0.25, 0.3) is 11.3 Å². The molecule has 2 aromatic carbocycles. The molecular formula is C22H25N3O3S. The Hall–Kier alpha value is -2.90. The molecule has 1 N–H and O–H groups in total. The van der Waals surface area contributed by atoms with E-state index in [9.17, 15) is 4.79 Å². The minimum atomic E-state index is -0.0888. The molecule has 0 bridgehead atoms. The van der Waals surface area contributed by atoms with Crippen LogP contribution in [0.15, 0.2) is 53.9 Å². The van der Waals surface area contributed by atoms with E-state index in [-0.39, 0.29) is 12.5 Å². The van der Waals surface area contributed by atoms with E-state index in [1.807, 2.05) is 72.8 Å². The number of hydrogen-bond acceptors (Lipinski definition) is 6. The third-order valence-corrected chi connectivity index (χ3v) is 4.99. The molecular weight excluding hydrogens is 386 g/mol. The first-order valence-corrected chi connectivity index (χ1v) is 10.3. The largest absolute Gasteiger partial charge is 0.497 e. The molecule has 0 saturated heterocycles. The predicted molar refractivity (Wildman–Crippen MR) is 117 cm³/mol. The quantitative estimate of drug-likeness (QED) is 0.569. The van der Waals surface area contributed by atoms with Crippen LogP contribution in [-0.2, 0) is 11.3 Å². The van der Waals surface area contributed by atoms with Gasteiger partial charge in [-0.1, -0.05) is 12.1 Å². The molecule has 3 rings (SSSR count). The van der Waals surface area contributed by atoms with Gasteiger partial charge in [0.05, 0.1) is 26.0 Å². The smallest absolute Gasteiger partial charge is 0.240 e. The summed E-state index contributed by atoms with van der Waals surface area (Å²) in [7, 11) is 3.55. The van der Waals surface area contributed by atoms with Crippen molar-refractivity contribution in [3.8, 4) is 22.8 Å². The van der Waals surface area contributed by atoms with Crippen LogP contribution in [0.4, 0.5) is 5.13 Å². The second kappa shape index (κ2) is 10.0. The third kappa shape index (κ3) is 6.04. The molecule has 152 valence electrons. The first kappa shape index (κ1) is 20.8. The first-order chi connectivity index (χ1) is 14.1. The fraction of sp³-hybridized carbons (Fsp3) is 0.273. The molecule has 0 spiro atoms. The zero-order valence-electron chi connectivity index (χ0n) is 16.8. The summed E-state index contributed by atoms with van der Waals surface area (Å²) in [6.07, 6.45) is 0. The number of nitrogens with zero attached hydrogens (tertiary/aromatic N) is 2. The Morgan fingerprint density at radius 1 is 1.10 bits per heavy atom. The van der Waals surface area contributed by atoms with Gasteiger partial charge in [-0.25, -0.2) is 4.98 Å². The molecule has 0 saturated carbocycles. The Kier molecular flexibility index (Phi) is 7.21. The molecule has 0 aliphatic heterocycles. The molecule has 0 unspecified atom stereocenters. The van der Waals surface area contributed by atoms with Crippen molar-refractivity contribution in [2.75, 3.05) is 32.6 Å². The maximum Gasteiger partial charge on any atom is 0.240 e. The lowest BCUT2D eigenvalue weighted by molar-refractivity contribution is -0.117. The number of ether oxygens (including phenoxy) is 2. The van der Waals surface area contributed by atoms with Gasteiger partial charge in [0.1, 0.15) is 11.5 Å². The Morgan fingerprint density at radius 3 is 2.45 bits per heavy atom. The number of amides is 1. The monoisotopic (exact) mass is 411 g/mol. The van der Waals surface area contributed by atoms with Gasteiger partial charge in [-0.2, -0.15) is 0 Å². The summed E-state index contributed by atoms with van der Waals surface area (Å²) >= 11 is 1.41. The van der Waals surface area contributed by atoms with Crippen LogP contribution < -0.4 is 14.8 Å². The van der Waals surface area contributed by atoms with Crippen molar-refractivity contribution in [3.63, 3.8) is 0 Å². The number of likely N-dealkylation sites (N-methyl/N-ethyl adjacent to an activating group) is 1. The second-order valence-corrected chi connectivity index (χ2v) is 7.42. The summed E-state index contributed by atoms with van der Waals surface area (Å²) in [5, 5.41) is 5.40. The highest BCUT2D eigenvalue weighted by atomic mass is 32.1. The van der Waals surface area contributed by atoms with Gasteiger partial charge >= 0.3 is 0 Å². The van der Waals surface area contributed by atoms with Crippen molar-refractivity contribution in [2.24, 2.45) is 0 Å². The number of benzene rings is 2. The zero-order chi connectivity index (χ0) is 20.6. The van der Waals surface area contributed by atoms with E-state index in [0.29, 0.717) is 18.3 Å². The number of methoxy groups -OCH3 is 1. The number of thiazole rings is 1. The van der Waals surface area contributed by atoms with Crippen LogP contribution in [0, 0.1) is 0 Å². The number of hydrogen-bond donors (Lipinski definition) is 1. The second-order valence-electron chi connectivity index (χ2n) is 6.56. The highest BCUT2D eigenvalue weighted by Gasteiger charge is 2.11. The summed E-state index contributed by atoms with van der Waals surface area (Å²) in [4.78, 5) is 18.8. The fourth-order valence-electron chi connectivity index (χ4n) is 2.85. The third-order valence-electron chi connectivity index (χ3n) is 4.24. The van der Waals surface area contributed by atoms with Crippen LogP contribution >= 0.6 is 11.3 Å². The number of carbonyl (C=O) groups excluding carboxylic acids is 1. The molecule has 0 atom stereocenters. The molecule has 0 aliphatic rings. The van der Waals surface area contributed by atoms with E-state index in [4.69, 9.17) is 9.47 Å². The van der Waals surface area contributed by atoms with Crippen molar-refractivity contribution in [3.05, 3.63) is 59.5 Å². The molecule has 29 heavy (non-hydrogen) atoms. The lowest BCUT2D eigenvalue weighted by Gasteiger charge is -2.16. The maximum atomic E-state index is 12.4. The number of anilines is 1. The number of carbonyl (C=O) groups is 1. The number of rotatable bonds is 9. The van der Waals surface area contributed by atoms with E-state index in [0.717, 1.165) is 28.3 Å². The highest BCUT2D eigenvalue weighted by Crippen LogP contribution is 2.26. The predicted octanol–water partition coefficient (Wildman–Crippen LogP) is 4.29. The lowest BCUT2D eigenvalue weighted by Crippen LogP contribution is -2.29. The molecule has 0 radical (unpaired) electrons. The van der Waals surface area contributed by atoms with Crippen molar-refractivity contribution in [2.45, 2.75) is 13.5 Å². The zero-order valence-corrected chi connectivity index (χ0v) is 17.7. The van der Waals surface area contributed by atoms with Crippen molar-refractivity contribution in [1.82, 2.24) is 9.88 Å². The normalized spacial score (nSPS) is 10.8. The standard InChI is InChI=1S/C22H25N3O3S/c1-4-28-19-9-5-16(6-10-19)13-25(2)14-21(26)24-22-23-20(15-29-22)17-7-11-18(27-3)12-8-17/h5-12,15H,4,13-14H2,1-3H3,(H,23,24,26). The lowest BCUT2D eigenvalue weighted by atomic mass is 10.2. The minimum Gasteiger partial charge on any atom is -0.497 e. The molecule has 7 heteroatoms. The van der Waals surface area contributed by atoms with Gasteiger partial charge in [0.25, 0.3) is 0 Å². The molecule has 0 aliphatic carbocycles. The SMILES string of the molecule is CCOc1ccc(CN(C)CC(=O)Nc2nc(-c3ccc(OC)cc3)cs2)cc1. The fourth-order valence-corrected chi connectivity index (χ4v) is 3.59. The Balaban J connectivity index is 1.51. The van der Waals surface area contributed by atoms with Gasteiger partial charge in [0.15, 0.2) is 5.13 Å². The number of nitrogens with one attached hydrogen (secondary N) is 1. The highest BCUT2D eigenvalue weighted by molar-refractivity contribution is 7.14. The molecule has 1 amide bonds. The molecule has 1 heterocycles. The van der Waals surface area contributed by atoms with Crippen LogP contribution in [0.5, 0.6) is 11.5 Å². The molecule has 3 aromatic rings. The summed E-state index contributed by atoms with van der Waals surface area (Å²) in [5.41, 5.74) is 2.94. The van der Waals surface area contributed by atoms with Crippen LogP contribution in [0.2, 0.25) is 0 Å². The van der Waals surface area contributed by atoms with E-state index in [1.54, 1.807) is 7.11 Å². The van der Waals surface area contributed by atoms with Gasteiger partial charge in [-0.3, -0.25) is 9.69 Å². The van der Waals surface area contributed by atoms with Crippen LogP contribution in [0.1, 0.15) is 12.5 Å². The Morgan fingerprint density at radius 2 is 1.79 bits per heavy atom. The van der Waals surface area contributed by atoms with Gasteiger partial charge in [0.2, 0.25) is 5.91 Å². The molecule has 1 aromatic heterocycles. The van der Waals surface area contributed by atoms with E-state index in [1.165, 1.54) is 11.3 Å². The van der Waals surface area contributed by atoms with Gasteiger partial charge in [-0.15, -0.1) is 11.3 Å². The Bertz CT molecular complexity index is 923. The van der Waals surface area contributed by atoms with E-state index >= 15 is 0 Å². The first-order valence-electron chi connectivity index (χ1n) is 9.37. The van der Waals surface area contributed by atoms with Crippen molar-refractivity contribution >= 4 is 22.4 Å². The average molecular weight is 412 g/mol. The van der Waals surface area contributed by atoms with Crippen LogP contribution in [0.3, 0.4) is 0 Å². The van der Waals surface area contributed by atoms with Gasteiger partial charge in [-0.05, 0) is 55.9 Å². The maximum absolute atomic E-state index is 12.4. The molecule has 0 fully saturated rings. The average Bonchev–Trinajstić information content (AvgIpc) is 3.18. The number of aromatic nitrogens is 1. The topological polar surface area (TPSA) is 63.7 Å². The van der Waals surface area contributed by atoms with E-state index in [2.05, 4.69) is 10.3 Å². The summed E-state index contributed by atoms with van der Waals surface area (Å²) in [6.45, 7) is 3.57. The van der Waals surface area contributed by atoms with Gasteiger partial charge < -0.3 is 14.8 Å². The summed E-state index contributed by atoms with van der Waals surface area (Å²) in [5.74, 6) is 1.57.